The van der Waals surface area contributed by atoms with Crippen molar-refractivity contribution in [2.45, 2.75) is 33.1 Å². The Hall–Kier alpha value is -1.10. The van der Waals surface area contributed by atoms with E-state index >= 15 is 0 Å². The topological polar surface area (TPSA) is 75.6 Å². The fourth-order valence-electron chi connectivity index (χ4n) is 1.29. The molecule has 1 amide bonds. The van der Waals surface area contributed by atoms with Crippen LogP contribution in [0.5, 0.6) is 0 Å². The van der Waals surface area contributed by atoms with Crippen molar-refractivity contribution in [3.8, 4) is 0 Å². The second-order valence-corrected chi connectivity index (χ2v) is 4.59. The molecule has 0 aromatic heterocycles. The molecule has 5 nitrogen and oxygen atoms in total. The number of carbonyl (C=O) groups is 2. The second kappa shape index (κ2) is 7.22. The van der Waals surface area contributed by atoms with Crippen molar-refractivity contribution in [2.75, 3.05) is 20.3 Å². The number of carboxylic acids is 1. The summed E-state index contributed by atoms with van der Waals surface area (Å²) in [7, 11) is 1.47. The van der Waals surface area contributed by atoms with Gasteiger partial charge < -0.3 is 15.2 Å². The van der Waals surface area contributed by atoms with Crippen molar-refractivity contribution in [3.63, 3.8) is 0 Å². The molecule has 0 heterocycles. The van der Waals surface area contributed by atoms with Crippen molar-refractivity contribution < 1.29 is 19.4 Å². The number of carboxylic acid groups (broad SMARTS) is 1. The number of rotatable bonds is 8. The molecule has 0 spiro atoms. The van der Waals surface area contributed by atoms with Crippen LogP contribution in [0.3, 0.4) is 0 Å². The van der Waals surface area contributed by atoms with Gasteiger partial charge in [-0.2, -0.15) is 0 Å². The minimum Gasteiger partial charge on any atom is -0.481 e. The molecule has 0 saturated heterocycles. The molecule has 0 radical (unpaired) electrons. The highest BCUT2D eigenvalue weighted by atomic mass is 16.5. The van der Waals surface area contributed by atoms with Crippen LogP contribution in [0.2, 0.25) is 0 Å². The number of amides is 1. The van der Waals surface area contributed by atoms with Crippen LogP contribution in [0.4, 0.5) is 0 Å². The standard InChI is InChI=1S/C11H21NO4/c1-11(2,5-4-10(14)15)6-7-12-9(13)8-16-3/h4-8H2,1-3H3,(H,12,13)(H,14,15). The van der Waals surface area contributed by atoms with Crippen LogP contribution in [0, 0.1) is 5.41 Å². The van der Waals surface area contributed by atoms with E-state index in [-0.39, 0.29) is 24.3 Å². The van der Waals surface area contributed by atoms with E-state index in [0.717, 1.165) is 6.42 Å². The van der Waals surface area contributed by atoms with E-state index in [1.807, 2.05) is 13.8 Å². The van der Waals surface area contributed by atoms with Gasteiger partial charge in [0.05, 0.1) is 0 Å². The summed E-state index contributed by atoms with van der Waals surface area (Å²) in [6.45, 7) is 4.61. The maximum atomic E-state index is 11.1. The Kier molecular flexibility index (Phi) is 6.72. The first-order chi connectivity index (χ1) is 7.37. The van der Waals surface area contributed by atoms with Crippen molar-refractivity contribution >= 4 is 11.9 Å². The van der Waals surface area contributed by atoms with Crippen LogP contribution in [0.15, 0.2) is 0 Å². The lowest BCUT2D eigenvalue weighted by Crippen LogP contribution is -2.30. The smallest absolute Gasteiger partial charge is 0.303 e. The highest BCUT2D eigenvalue weighted by molar-refractivity contribution is 5.77. The third-order valence-corrected chi connectivity index (χ3v) is 2.42. The van der Waals surface area contributed by atoms with Crippen LogP contribution in [0.25, 0.3) is 0 Å². The van der Waals surface area contributed by atoms with Gasteiger partial charge in [0.25, 0.3) is 0 Å². The van der Waals surface area contributed by atoms with E-state index in [1.165, 1.54) is 7.11 Å². The largest absolute Gasteiger partial charge is 0.481 e. The second-order valence-electron chi connectivity index (χ2n) is 4.59. The predicted octanol–water partition coefficient (Wildman–Crippen LogP) is 1.03. The van der Waals surface area contributed by atoms with Crippen LogP contribution in [0.1, 0.15) is 33.1 Å². The Morgan fingerprint density at radius 2 is 1.94 bits per heavy atom. The van der Waals surface area contributed by atoms with Crippen molar-refractivity contribution in [1.29, 1.82) is 0 Å². The zero-order valence-corrected chi connectivity index (χ0v) is 10.2. The van der Waals surface area contributed by atoms with E-state index in [4.69, 9.17) is 5.11 Å². The number of methoxy groups -OCH3 is 1. The quantitative estimate of drug-likeness (QED) is 0.654. The van der Waals surface area contributed by atoms with Gasteiger partial charge in [-0.1, -0.05) is 13.8 Å². The highest BCUT2D eigenvalue weighted by Gasteiger charge is 2.19. The molecule has 5 heteroatoms. The molecule has 0 atom stereocenters. The van der Waals surface area contributed by atoms with Crippen molar-refractivity contribution in [1.82, 2.24) is 5.32 Å². The fourth-order valence-corrected chi connectivity index (χ4v) is 1.29. The molecule has 0 aliphatic rings. The summed E-state index contributed by atoms with van der Waals surface area (Å²) < 4.78 is 4.68. The number of ether oxygens (including phenoxy) is 1. The number of hydrogen-bond donors (Lipinski definition) is 2. The molecule has 0 aliphatic carbocycles. The zero-order valence-electron chi connectivity index (χ0n) is 10.2. The Bertz CT molecular complexity index is 238. The molecule has 0 aromatic rings. The van der Waals surface area contributed by atoms with E-state index < -0.39 is 5.97 Å². The van der Waals surface area contributed by atoms with Crippen LogP contribution >= 0.6 is 0 Å². The zero-order chi connectivity index (χ0) is 12.6. The molecule has 0 fully saturated rings. The molecule has 0 bridgehead atoms. The van der Waals surface area contributed by atoms with Crippen molar-refractivity contribution in [3.05, 3.63) is 0 Å². The van der Waals surface area contributed by atoms with E-state index in [9.17, 15) is 9.59 Å². The summed E-state index contributed by atoms with van der Waals surface area (Å²) in [5.41, 5.74) is -0.0707. The lowest BCUT2D eigenvalue weighted by molar-refractivity contribution is -0.137. The summed E-state index contributed by atoms with van der Waals surface area (Å²) >= 11 is 0. The lowest BCUT2D eigenvalue weighted by Gasteiger charge is -2.23. The molecule has 0 aliphatic heterocycles. The SMILES string of the molecule is COCC(=O)NCCC(C)(C)CCC(=O)O. The van der Waals surface area contributed by atoms with Gasteiger partial charge in [-0.25, -0.2) is 0 Å². The Balaban J connectivity index is 3.72. The highest BCUT2D eigenvalue weighted by Crippen LogP contribution is 2.25. The van der Waals surface area contributed by atoms with E-state index in [2.05, 4.69) is 10.1 Å². The number of aliphatic carboxylic acids is 1. The van der Waals surface area contributed by atoms with Gasteiger partial charge in [-0.3, -0.25) is 9.59 Å². The van der Waals surface area contributed by atoms with Gasteiger partial charge in [0, 0.05) is 20.1 Å². The Labute approximate surface area is 96.2 Å². The van der Waals surface area contributed by atoms with Gasteiger partial charge in [0.1, 0.15) is 6.61 Å². The van der Waals surface area contributed by atoms with Gasteiger partial charge >= 0.3 is 5.97 Å². The molecule has 0 unspecified atom stereocenters. The first-order valence-electron chi connectivity index (χ1n) is 5.35. The van der Waals surface area contributed by atoms with Crippen LogP contribution in [-0.4, -0.2) is 37.2 Å². The van der Waals surface area contributed by atoms with Crippen LogP contribution in [-0.2, 0) is 14.3 Å². The Morgan fingerprint density at radius 3 is 2.44 bits per heavy atom. The third-order valence-electron chi connectivity index (χ3n) is 2.42. The summed E-state index contributed by atoms with van der Waals surface area (Å²) in [5.74, 6) is -0.923. The molecule has 2 N–H and O–H groups in total. The average molecular weight is 231 g/mol. The number of hydrogen-bond acceptors (Lipinski definition) is 3. The van der Waals surface area contributed by atoms with Gasteiger partial charge in [0.2, 0.25) is 5.91 Å². The molecule has 0 rings (SSSR count). The maximum absolute atomic E-state index is 11.1. The maximum Gasteiger partial charge on any atom is 0.303 e. The summed E-state index contributed by atoms with van der Waals surface area (Å²) in [6.07, 6.45) is 1.54. The monoisotopic (exact) mass is 231 g/mol. The first kappa shape index (κ1) is 14.9. The average Bonchev–Trinajstić information content (AvgIpc) is 2.15. The minimum atomic E-state index is -0.781. The van der Waals surface area contributed by atoms with Gasteiger partial charge in [-0.15, -0.1) is 0 Å². The van der Waals surface area contributed by atoms with Gasteiger partial charge in [-0.05, 0) is 18.3 Å². The predicted molar refractivity (Wildman–Crippen MR) is 60.2 cm³/mol. The summed E-state index contributed by atoms with van der Waals surface area (Å²) in [4.78, 5) is 21.5. The number of nitrogens with one attached hydrogen (secondary N) is 1. The normalized spacial score (nSPS) is 11.2. The van der Waals surface area contributed by atoms with Gasteiger partial charge in [0.15, 0.2) is 0 Å². The number of carbonyl (C=O) groups excluding carboxylic acids is 1. The molecule has 16 heavy (non-hydrogen) atoms. The Morgan fingerprint density at radius 1 is 1.31 bits per heavy atom. The molecular formula is C11H21NO4. The van der Waals surface area contributed by atoms with E-state index in [1.54, 1.807) is 0 Å². The molecule has 94 valence electrons. The van der Waals surface area contributed by atoms with Crippen LogP contribution < -0.4 is 5.32 Å². The fraction of sp³-hybridized carbons (Fsp3) is 0.818. The summed E-state index contributed by atoms with van der Waals surface area (Å²) in [6, 6.07) is 0. The molecule has 0 saturated carbocycles. The first-order valence-corrected chi connectivity index (χ1v) is 5.35. The molecule has 0 aromatic carbocycles. The minimum absolute atomic E-state index is 0.0650. The van der Waals surface area contributed by atoms with E-state index in [0.29, 0.717) is 13.0 Å². The lowest BCUT2D eigenvalue weighted by atomic mass is 9.84. The third kappa shape index (κ3) is 8.23. The van der Waals surface area contributed by atoms with Crippen molar-refractivity contribution in [2.24, 2.45) is 5.41 Å². The summed E-state index contributed by atoms with van der Waals surface area (Å²) in [5, 5.41) is 11.3. The molecular weight excluding hydrogens is 210 g/mol.